The molecule has 7 nitrogen and oxygen atoms in total. The van der Waals surface area contributed by atoms with Crippen molar-refractivity contribution in [1.29, 1.82) is 0 Å². The van der Waals surface area contributed by atoms with Crippen LogP contribution in [0.25, 0.3) is 0 Å². The van der Waals surface area contributed by atoms with Gasteiger partial charge in [0.2, 0.25) is 0 Å². The predicted molar refractivity (Wildman–Crippen MR) is 71.9 cm³/mol. The lowest BCUT2D eigenvalue weighted by Crippen LogP contribution is -3.07. The van der Waals surface area contributed by atoms with Crippen molar-refractivity contribution in [2.75, 3.05) is 46.0 Å². The highest BCUT2D eigenvalue weighted by atomic mass is 16.6. The van der Waals surface area contributed by atoms with Crippen LogP contribution in [0.5, 0.6) is 0 Å². The Kier molecular flexibility index (Phi) is 9.98. The van der Waals surface area contributed by atoms with Crippen molar-refractivity contribution in [2.24, 2.45) is 0 Å². The van der Waals surface area contributed by atoms with E-state index in [2.05, 4.69) is 6.58 Å². The summed E-state index contributed by atoms with van der Waals surface area (Å²) < 4.78 is -0.717. The highest BCUT2D eigenvalue weighted by Crippen LogP contribution is 2.18. The van der Waals surface area contributed by atoms with E-state index in [1.165, 1.54) is 0 Å². The van der Waals surface area contributed by atoms with Crippen LogP contribution < -0.4 is 5.06 Å². The minimum atomic E-state index is -0.717. The maximum atomic E-state index is 12.6. The van der Waals surface area contributed by atoms with Gasteiger partial charge in [0, 0.05) is 12.8 Å². The standard InChI is InChI=1S/C12H26N2O5/c1-2-3-12(4-5-13(18)6-9-15)14(19,7-10-16)8-11-17/h2,12-13,15-17H,1,3-11H2. The van der Waals surface area contributed by atoms with Gasteiger partial charge in [0.25, 0.3) is 0 Å². The molecule has 2 atom stereocenters. The minimum Gasteiger partial charge on any atom is -0.634 e. The van der Waals surface area contributed by atoms with Crippen molar-refractivity contribution < 1.29 is 25.0 Å². The van der Waals surface area contributed by atoms with Gasteiger partial charge in [-0.1, -0.05) is 6.08 Å². The molecule has 0 aromatic rings. The molecule has 0 radical (unpaired) electrons. The monoisotopic (exact) mass is 278 g/mol. The first-order valence-corrected chi connectivity index (χ1v) is 6.57. The molecule has 0 aliphatic carbocycles. The summed E-state index contributed by atoms with van der Waals surface area (Å²) in [5.41, 5.74) is 0. The summed E-state index contributed by atoms with van der Waals surface area (Å²) >= 11 is 0. The molecule has 0 saturated carbocycles. The van der Waals surface area contributed by atoms with Gasteiger partial charge in [0.1, 0.15) is 19.6 Å². The second-order valence-electron chi connectivity index (χ2n) is 4.58. The quantitative estimate of drug-likeness (QED) is 0.187. The molecule has 0 saturated heterocycles. The third-order valence-corrected chi connectivity index (χ3v) is 3.21. The summed E-state index contributed by atoms with van der Waals surface area (Å²) in [4.78, 5) is 0. The van der Waals surface area contributed by atoms with E-state index in [1.807, 2.05) is 0 Å². The summed E-state index contributed by atoms with van der Waals surface area (Å²) in [5.74, 6) is 0. The van der Waals surface area contributed by atoms with Gasteiger partial charge in [-0.3, -0.25) is 0 Å². The van der Waals surface area contributed by atoms with Crippen molar-refractivity contribution in [3.05, 3.63) is 23.1 Å². The molecule has 0 spiro atoms. The zero-order valence-electron chi connectivity index (χ0n) is 11.3. The SMILES string of the molecule is C=CCC(CC[NH+]([O-])CCO)[N+]([O-])(CCO)CCO. The third kappa shape index (κ3) is 6.98. The van der Waals surface area contributed by atoms with E-state index in [1.54, 1.807) is 6.08 Å². The van der Waals surface area contributed by atoms with Gasteiger partial charge in [0.15, 0.2) is 0 Å². The van der Waals surface area contributed by atoms with Crippen LogP contribution in [0.15, 0.2) is 12.7 Å². The van der Waals surface area contributed by atoms with E-state index in [0.29, 0.717) is 12.8 Å². The number of aliphatic hydroxyl groups is 3. The first kappa shape index (κ1) is 18.5. The maximum Gasteiger partial charge on any atom is 0.102 e. The van der Waals surface area contributed by atoms with Crippen LogP contribution in [-0.2, 0) is 0 Å². The number of hydrogen-bond acceptors (Lipinski definition) is 5. The molecule has 0 aliphatic heterocycles. The molecule has 7 heteroatoms. The molecule has 4 N–H and O–H groups in total. The fraction of sp³-hybridized carbons (Fsp3) is 0.833. The van der Waals surface area contributed by atoms with Crippen LogP contribution >= 0.6 is 0 Å². The van der Waals surface area contributed by atoms with E-state index < -0.39 is 10.7 Å². The Hall–Kier alpha value is -0.540. The van der Waals surface area contributed by atoms with Crippen molar-refractivity contribution in [3.63, 3.8) is 0 Å². The molecule has 0 aromatic heterocycles. The predicted octanol–water partition coefficient (Wildman–Crippen LogP) is -2.00. The minimum absolute atomic E-state index is 0.00669. The Balaban J connectivity index is 4.59. The van der Waals surface area contributed by atoms with Gasteiger partial charge in [0.05, 0.1) is 32.4 Å². The Morgan fingerprint density at radius 3 is 2.11 bits per heavy atom. The molecule has 2 unspecified atom stereocenters. The van der Waals surface area contributed by atoms with Crippen LogP contribution in [0.3, 0.4) is 0 Å². The second kappa shape index (κ2) is 10.3. The summed E-state index contributed by atoms with van der Waals surface area (Å²) in [6, 6.07) is -0.403. The van der Waals surface area contributed by atoms with E-state index in [9.17, 15) is 10.4 Å². The number of nitrogens with zero attached hydrogens (tertiary/aromatic N) is 1. The lowest BCUT2D eigenvalue weighted by Gasteiger charge is -2.48. The van der Waals surface area contributed by atoms with Gasteiger partial charge < -0.3 is 35.4 Å². The van der Waals surface area contributed by atoms with Crippen molar-refractivity contribution >= 4 is 0 Å². The van der Waals surface area contributed by atoms with Crippen molar-refractivity contribution in [2.45, 2.75) is 18.9 Å². The Morgan fingerprint density at radius 1 is 1.11 bits per heavy atom. The number of aliphatic hydroxyl groups excluding tert-OH is 3. The fourth-order valence-electron chi connectivity index (χ4n) is 2.13. The van der Waals surface area contributed by atoms with Crippen LogP contribution in [0.2, 0.25) is 0 Å². The Morgan fingerprint density at radius 2 is 1.68 bits per heavy atom. The van der Waals surface area contributed by atoms with Crippen LogP contribution in [0, 0.1) is 10.4 Å². The van der Waals surface area contributed by atoms with Gasteiger partial charge in [-0.15, -0.1) is 6.58 Å². The number of hydrogen-bond donors (Lipinski definition) is 4. The average Bonchev–Trinajstić information content (AvgIpc) is 2.35. The zero-order valence-corrected chi connectivity index (χ0v) is 11.3. The zero-order chi connectivity index (χ0) is 14.7. The highest BCUT2D eigenvalue weighted by molar-refractivity contribution is 4.75. The first-order valence-electron chi connectivity index (χ1n) is 6.57. The largest absolute Gasteiger partial charge is 0.634 e. The molecule has 0 aromatic carbocycles. The van der Waals surface area contributed by atoms with E-state index in [4.69, 9.17) is 15.3 Å². The van der Waals surface area contributed by atoms with Crippen LogP contribution in [-0.4, -0.2) is 72.0 Å². The number of rotatable bonds is 12. The Bertz CT molecular complexity index is 234. The summed E-state index contributed by atoms with van der Waals surface area (Å²) in [6.07, 6.45) is 2.41. The maximum absolute atomic E-state index is 12.6. The van der Waals surface area contributed by atoms with Crippen LogP contribution in [0.1, 0.15) is 12.8 Å². The van der Waals surface area contributed by atoms with E-state index in [-0.39, 0.29) is 51.1 Å². The van der Waals surface area contributed by atoms with Gasteiger partial charge in [-0.05, 0) is 0 Å². The average molecular weight is 278 g/mol. The number of nitrogens with one attached hydrogen (secondary N) is 1. The van der Waals surface area contributed by atoms with E-state index in [0.717, 1.165) is 0 Å². The molecule has 19 heavy (non-hydrogen) atoms. The van der Waals surface area contributed by atoms with Crippen molar-refractivity contribution in [3.8, 4) is 0 Å². The third-order valence-electron chi connectivity index (χ3n) is 3.21. The summed E-state index contributed by atoms with van der Waals surface area (Å²) in [5, 5.41) is 50.5. The molecule has 0 bridgehead atoms. The summed E-state index contributed by atoms with van der Waals surface area (Å²) in [7, 11) is 0. The normalized spacial score (nSPS) is 15.2. The van der Waals surface area contributed by atoms with Gasteiger partial charge in [-0.2, -0.15) is 0 Å². The van der Waals surface area contributed by atoms with E-state index >= 15 is 0 Å². The summed E-state index contributed by atoms with van der Waals surface area (Å²) in [6.45, 7) is 3.19. The molecule has 114 valence electrons. The lowest BCUT2D eigenvalue weighted by atomic mass is 10.1. The molecule has 0 heterocycles. The van der Waals surface area contributed by atoms with Gasteiger partial charge >= 0.3 is 0 Å². The number of hydroxylamine groups is 5. The smallest absolute Gasteiger partial charge is 0.102 e. The lowest BCUT2D eigenvalue weighted by molar-refractivity contribution is -0.913. The second-order valence-corrected chi connectivity index (χ2v) is 4.58. The van der Waals surface area contributed by atoms with Crippen LogP contribution in [0.4, 0.5) is 0 Å². The fourth-order valence-corrected chi connectivity index (χ4v) is 2.13. The molecular weight excluding hydrogens is 252 g/mol. The Labute approximate surface area is 114 Å². The van der Waals surface area contributed by atoms with Gasteiger partial charge in [-0.25, -0.2) is 0 Å². The molecular formula is C12H26N2O5. The number of quaternary nitrogens is 2. The molecule has 0 amide bonds. The molecule has 0 fully saturated rings. The molecule has 0 aliphatic rings. The topological polar surface area (TPSA) is 111 Å². The van der Waals surface area contributed by atoms with Crippen molar-refractivity contribution in [1.82, 2.24) is 0 Å². The highest BCUT2D eigenvalue weighted by Gasteiger charge is 2.27. The molecule has 0 rings (SSSR count). The first-order chi connectivity index (χ1) is 9.03.